The number of aryl methyl sites for hydroxylation is 1. The Labute approximate surface area is 109 Å². The third-order valence-electron chi connectivity index (χ3n) is 2.32. The van der Waals surface area contributed by atoms with Gasteiger partial charge in [0, 0.05) is 0 Å². The van der Waals surface area contributed by atoms with Crippen LogP contribution < -0.4 is 10.1 Å². The Balaban J connectivity index is 1.89. The molecule has 6 heteroatoms. The molecule has 0 aliphatic heterocycles. The molecule has 1 heterocycles. The zero-order valence-electron chi connectivity index (χ0n) is 9.92. The van der Waals surface area contributed by atoms with Crippen LogP contribution in [0.1, 0.15) is 12.5 Å². The second-order valence-corrected chi connectivity index (χ2v) is 4.38. The van der Waals surface area contributed by atoms with Crippen molar-refractivity contribution < 1.29 is 9.53 Å². The molecule has 94 valence electrons. The van der Waals surface area contributed by atoms with Crippen molar-refractivity contribution in [3.63, 3.8) is 0 Å². The summed E-state index contributed by atoms with van der Waals surface area (Å²) in [6, 6.07) is 7.68. The second kappa shape index (κ2) is 6.11. The number of aromatic nitrogens is 2. The molecule has 1 N–H and O–H groups in total. The van der Waals surface area contributed by atoms with Crippen LogP contribution in [-0.2, 0) is 11.2 Å². The quantitative estimate of drug-likeness (QED) is 0.897. The summed E-state index contributed by atoms with van der Waals surface area (Å²) in [5, 5.41) is 10.4. The van der Waals surface area contributed by atoms with E-state index in [0.29, 0.717) is 5.13 Å². The highest BCUT2D eigenvalue weighted by Gasteiger charge is 2.07. The number of nitrogens with zero attached hydrogens (tertiary/aromatic N) is 2. The van der Waals surface area contributed by atoms with Gasteiger partial charge in [-0.3, -0.25) is 10.1 Å². The number of benzene rings is 1. The fourth-order valence-electron chi connectivity index (χ4n) is 1.46. The Kier molecular flexibility index (Phi) is 4.25. The van der Waals surface area contributed by atoms with Crippen LogP contribution in [0.3, 0.4) is 0 Å². The molecule has 0 fully saturated rings. The van der Waals surface area contributed by atoms with Crippen LogP contribution in [0.2, 0.25) is 0 Å². The number of rotatable bonds is 5. The number of carbonyl (C=O) groups is 1. The highest BCUT2D eigenvalue weighted by Crippen LogP contribution is 2.18. The summed E-state index contributed by atoms with van der Waals surface area (Å²) < 4.78 is 5.48. The van der Waals surface area contributed by atoms with Crippen molar-refractivity contribution in [2.75, 3.05) is 11.9 Å². The minimum atomic E-state index is -0.238. The maximum atomic E-state index is 11.6. The van der Waals surface area contributed by atoms with Crippen LogP contribution in [0.15, 0.2) is 29.8 Å². The predicted molar refractivity (Wildman–Crippen MR) is 69.9 cm³/mol. The number of carbonyl (C=O) groups excluding carboxylic acids is 1. The number of nitrogens with one attached hydrogen (secondary N) is 1. The molecule has 2 aromatic rings. The van der Waals surface area contributed by atoms with Gasteiger partial charge in [-0.1, -0.05) is 36.5 Å². The number of para-hydroxylation sites is 1. The number of hydrogen-bond donors (Lipinski definition) is 1. The SMILES string of the molecule is CCc1ccccc1OCC(=O)Nc1nncs1. The van der Waals surface area contributed by atoms with E-state index in [9.17, 15) is 4.79 Å². The van der Waals surface area contributed by atoms with Gasteiger partial charge in [-0.25, -0.2) is 0 Å². The van der Waals surface area contributed by atoms with E-state index in [1.807, 2.05) is 31.2 Å². The van der Waals surface area contributed by atoms with E-state index in [0.717, 1.165) is 17.7 Å². The molecular weight excluding hydrogens is 250 g/mol. The molecule has 0 saturated heterocycles. The minimum Gasteiger partial charge on any atom is -0.483 e. The normalized spacial score (nSPS) is 10.1. The molecule has 0 aliphatic carbocycles. The van der Waals surface area contributed by atoms with Crippen LogP contribution in [0, 0.1) is 0 Å². The van der Waals surface area contributed by atoms with Crippen molar-refractivity contribution in [3.05, 3.63) is 35.3 Å². The Hall–Kier alpha value is -1.95. The monoisotopic (exact) mass is 263 g/mol. The topological polar surface area (TPSA) is 64.1 Å². The molecule has 2 rings (SSSR count). The van der Waals surface area contributed by atoms with Crippen LogP contribution >= 0.6 is 11.3 Å². The van der Waals surface area contributed by atoms with Gasteiger partial charge in [0.05, 0.1) is 0 Å². The molecule has 0 bridgehead atoms. The van der Waals surface area contributed by atoms with Gasteiger partial charge in [0.2, 0.25) is 5.13 Å². The van der Waals surface area contributed by atoms with Crippen molar-refractivity contribution in [3.8, 4) is 5.75 Å². The Morgan fingerprint density at radius 3 is 3.00 bits per heavy atom. The lowest BCUT2D eigenvalue weighted by atomic mass is 10.1. The standard InChI is InChI=1S/C12H13N3O2S/c1-2-9-5-3-4-6-10(9)17-7-11(16)14-12-15-13-8-18-12/h3-6,8H,2,7H2,1H3,(H,14,15,16). The van der Waals surface area contributed by atoms with Crippen LogP contribution in [-0.4, -0.2) is 22.7 Å². The van der Waals surface area contributed by atoms with Gasteiger partial charge < -0.3 is 4.74 Å². The van der Waals surface area contributed by atoms with E-state index in [2.05, 4.69) is 15.5 Å². The van der Waals surface area contributed by atoms with Gasteiger partial charge in [0.15, 0.2) is 6.61 Å². The van der Waals surface area contributed by atoms with Crippen molar-refractivity contribution >= 4 is 22.4 Å². The Morgan fingerprint density at radius 2 is 2.28 bits per heavy atom. The first-order valence-corrected chi connectivity index (χ1v) is 6.44. The lowest BCUT2D eigenvalue weighted by Crippen LogP contribution is -2.20. The molecule has 5 nitrogen and oxygen atoms in total. The zero-order chi connectivity index (χ0) is 12.8. The first-order valence-electron chi connectivity index (χ1n) is 5.56. The first kappa shape index (κ1) is 12.5. The van der Waals surface area contributed by atoms with Gasteiger partial charge in [-0.15, -0.1) is 10.2 Å². The van der Waals surface area contributed by atoms with Crippen molar-refractivity contribution in [1.29, 1.82) is 0 Å². The molecule has 0 unspecified atom stereocenters. The molecule has 0 atom stereocenters. The third-order valence-corrected chi connectivity index (χ3v) is 2.93. The smallest absolute Gasteiger partial charge is 0.264 e. The molecule has 0 spiro atoms. The molecule has 0 radical (unpaired) electrons. The predicted octanol–water partition coefficient (Wildman–Crippen LogP) is 2.12. The van der Waals surface area contributed by atoms with Crippen molar-refractivity contribution in [1.82, 2.24) is 10.2 Å². The lowest BCUT2D eigenvalue weighted by Gasteiger charge is -2.09. The molecular formula is C12H13N3O2S. The van der Waals surface area contributed by atoms with E-state index < -0.39 is 0 Å². The average Bonchev–Trinajstić information content (AvgIpc) is 2.89. The lowest BCUT2D eigenvalue weighted by molar-refractivity contribution is -0.118. The van der Waals surface area contributed by atoms with Crippen LogP contribution in [0.4, 0.5) is 5.13 Å². The second-order valence-electron chi connectivity index (χ2n) is 3.54. The van der Waals surface area contributed by atoms with Gasteiger partial charge in [-0.2, -0.15) is 0 Å². The third kappa shape index (κ3) is 3.27. The summed E-state index contributed by atoms with van der Waals surface area (Å²) in [4.78, 5) is 11.6. The van der Waals surface area contributed by atoms with Crippen LogP contribution in [0.5, 0.6) is 5.75 Å². The molecule has 1 amide bonds. The fraction of sp³-hybridized carbons (Fsp3) is 0.250. The number of ether oxygens (including phenoxy) is 1. The molecule has 0 aliphatic rings. The average molecular weight is 263 g/mol. The minimum absolute atomic E-state index is 0.0312. The van der Waals surface area contributed by atoms with E-state index in [1.165, 1.54) is 11.3 Å². The highest BCUT2D eigenvalue weighted by atomic mass is 32.1. The largest absolute Gasteiger partial charge is 0.483 e. The maximum absolute atomic E-state index is 11.6. The molecule has 1 aromatic heterocycles. The fourth-order valence-corrected chi connectivity index (χ4v) is 1.92. The van der Waals surface area contributed by atoms with Crippen molar-refractivity contribution in [2.45, 2.75) is 13.3 Å². The first-order chi connectivity index (χ1) is 8.79. The number of anilines is 1. The van der Waals surface area contributed by atoms with Gasteiger partial charge in [-0.05, 0) is 18.1 Å². The van der Waals surface area contributed by atoms with E-state index in [4.69, 9.17) is 4.74 Å². The Morgan fingerprint density at radius 1 is 1.44 bits per heavy atom. The summed E-state index contributed by atoms with van der Waals surface area (Å²) in [5.74, 6) is 0.505. The van der Waals surface area contributed by atoms with Gasteiger partial charge in [0.1, 0.15) is 11.3 Å². The van der Waals surface area contributed by atoms with Crippen molar-refractivity contribution in [2.24, 2.45) is 0 Å². The number of hydrogen-bond acceptors (Lipinski definition) is 5. The summed E-state index contributed by atoms with van der Waals surface area (Å²) in [5.41, 5.74) is 2.64. The van der Waals surface area contributed by atoms with E-state index in [-0.39, 0.29) is 12.5 Å². The Bertz CT molecular complexity index is 514. The van der Waals surface area contributed by atoms with Gasteiger partial charge in [0.25, 0.3) is 5.91 Å². The van der Waals surface area contributed by atoms with E-state index >= 15 is 0 Å². The van der Waals surface area contributed by atoms with E-state index in [1.54, 1.807) is 5.51 Å². The highest BCUT2D eigenvalue weighted by molar-refractivity contribution is 7.13. The van der Waals surface area contributed by atoms with Gasteiger partial charge >= 0.3 is 0 Å². The summed E-state index contributed by atoms with van der Waals surface area (Å²) in [6.45, 7) is 2.01. The summed E-state index contributed by atoms with van der Waals surface area (Å²) in [7, 11) is 0. The molecule has 0 saturated carbocycles. The zero-order valence-corrected chi connectivity index (χ0v) is 10.7. The number of amides is 1. The van der Waals surface area contributed by atoms with Crippen LogP contribution in [0.25, 0.3) is 0 Å². The maximum Gasteiger partial charge on any atom is 0.264 e. The summed E-state index contributed by atoms with van der Waals surface area (Å²) in [6.07, 6.45) is 0.869. The summed E-state index contributed by atoms with van der Waals surface area (Å²) >= 11 is 1.27. The molecule has 1 aromatic carbocycles. The molecule has 18 heavy (non-hydrogen) atoms.